The van der Waals surface area contributed by atoms with Crippen molar-refractivity contribution in [3.63, 3.8) is 0 Å². The van der Waals surface area contributed by atoms with Crippen molar-refractivity contribution in [2.75, 3.05) is 13.2 Å². The second kappa shape index (κ2) is 11.6. The van der Waals surface area contributed by atoms with Gasteiger partial charge in [-0.1, -0.05) is 49.0 Å². The Morgan fingerprint density at radius 1 is 1.03 bits per heavy atom. The normalized spacial score (nSPS) is 10.8. The number of ketones is 1. The van der Waals surface area contributed by atoms with E-state index in [1.165, 1.54) is 12.1 Å². The summed E-state index contributed by atoms with van der Waals surface area (Å²) in [5.41, 5.74) is 3.05. The first-order valence-electron chi connectivity index (χ1n) is 10.9. The number of azo groups is 1. The summed E-state index contributed by atoms with van der Waals surface area (Å²) in [6.45, 7) is 7.98. The van der Waals surface area contributed by atoms with Crippen molar-refractivity contribution in [3.8, 4) is 11.5 Å². The lowest BCUT2D eigenvalue weighted by Gasteiger charge is -2.10. The zero-order valence-corrected chi connectivity index (χ0v) is 19.2. The van der Waals surface area contributed by atoms with Crippen LogP contribution in [-0.4, -0.2) is 29.9 Å². The Kier molecular flexibility index (Phi) is 8.29. The van der Waals surface area contributed by atoms with Crippen LogP contribution in [0.5, 0.6) is 11.5 Å². The van der Waals surface area contributed by atoms with Gasteiger partial charge < -0.3 is 15.2 Å². The quantitative estimate of drug-likeness (QED) is 0.233. The minimum absolute atomic E-state index is 0.121. The lowest BCUT2D eigenvalue weighted by Crippen LogP contribution is -2.25. The summed E-state index contributed by atoms with van der Waals surface area (Å²) in [5, 5.41) is 21.8. The van der Waals surface area contributed by atoms with Crippen molar-refractivity contribution in [2.45, 2.75) is 20.3 Å². The summed E-state index contributed by atoms with van der Waals surface area (Å²) >= 11 is 0. The van der Waals surface area contributed by atoms with Gasteiger partial charge in [0.1, 0.15) is 11.4 Å². The number of phenols is 1. The van der Waals surface area contributed by atoms with E-state index in [2.05, 4.69) is 22.1 Å². The van der Waals surface area contributed by atoms with Crippen LogP contribution in [0.25, 0.3) is 0 Å². The molecule has 34 heavy (non-hydrogen) atoms. The van der Waals surface area contributed by atoms with E-state index in [9.17, 15) is 14.7 Å². The molecule has 0 saturated heterocycles. The van der Waals surface area contributed by atoms with Gasteiger partial charge >= 0.3 is 0 Å². The molecule has 2 N–H and O–H groups in total. The van der Waals surface area contributed by atoms with Gasteiger partial charge in [0, 0.05) is 23.7 Å². The number of nitrogens with one attached hydrogen (secondary N) is 1. The van der Waals surface area contributed by atoms with Crippen LogP contribution < -0.4 is 10.1 Å². The minimum atomic E-state index is -0.319. The fourth-order valence-electron chi connectivity index (χ4n) is 3.15. The van der Waals surface area contributed by atoms with Gasteiger partial charge in [-0.15, -0.1) is 5.11 Å². The molecular weight excluding hydrogens is 430 g/mol. The molecular formula is C27H27N3O4. The second-order valence-corrected chi connectivity index (χ2v) is 7.62. The fourth-order valence-corrected chi connectivity index (χ4v) is 3.15. The number of aromatic hydroxyl groups is 1. The zero-order chi connectivity index (χ0) is 24.5. The molecule has 0 aromatic heterocycles. The SMILES string of the molecule is C=C(C)C(=O)NCCc1ccc(/N=N/c2cc(C(=O)c3ccccc3)c(O)cc2OCC)cc1. The number of hydrogen-bond acceptors (Lipinski definition) is 6. The number of phenolic OH excluding ortho intramolecular Hbond substituents is 1. The maximum atomic E-state index is 12.9. The van der Waals surface area contributed by atoms with Crippen LogP contribution in [0.15, 0.2) is 89.1 Å². The molecule has 3 rings (SSSR count). The number of ether oxygens (including phenoxy) is 1. The maximum absolute atomic E-state index is 12.9. The first kappa shape index (κ1) is 24.4. The van der Waals surface area contributed by atoms with E-state index in [0.29, 0.717) is 47.8 Å². The van der Waals surface area contributed by atoms with Crippen molar-refractivity contribution in [1.82, 2.24) is 5.32 Å². The molecule has 0 unspecified atom stereocenters. The molecule has 1 amide bonds. The monoisotopic (exact) mass is 457 g/mol. The van der Waals surface area contributed by atoms with Crippen LogP contribution in [0.4, 0.5) is 11.4 Å². The highest BCUT2D eigenvalue weighted by Crippen LogP contribution is 2.36. The number of hydrogen-bond donors (Lipinski definition) is 2. The first-order valence-corrected chi connectivity index (χ1v) is 10.9. The molecule has 0 aliphatic heterocycles. The molecule has 0 spiro atoms. The topological polar surface area (TPSA) is 100 Å². The molecule has 0 aliphatic carbocycles. The van der Waals surface area contributed by atoms with Crippen molar-refractivity contribution >= 4 is 23.1 Å². The molecule has 7 nitrogen and oxygen atoms in total. The average Bonchev–Trinajstić information content (AvgIpc) is 2.84. The third-order valence-corrected chi connectivity index (χ3v) is 4.95. The number of nitrogens with zero attached hydrogens (tertiary/aromatic N) is 2. The zero-order valence-electron chi connectivity index (χ0n) is 19.2. The molecule has 7 heteroatoms. The number of carbonyl (C=O) groups is 2. The van der Waals surface area contributed by atoms with Crippen LogP contribution in [0.3, 0.4) is 0 Å². The van der Waals surface area contributed by atoms with Crippen molar-refractivity contribution in [1.29, 1.82) is 0 Å². The van der Waals surface area contributed by atoms with E-state index in [-0.39, 0.29) is 23.0 Å². The van der Waals surface area contributed by atoms with E-state index in [4.69, 9.17) is 4.74 Å². The van der Waals surface area contributed by atoms with Gasteiger partial charge in [-0.05, 0) is 44.0 Å². The smallest absolute Gasteiger partial charge is 0.246 e. The Morgan fingerprint density at radius 2 is 1.74 bits per heavy atom. The van der Waals surface area contributed by atoms with Gasteiger partial charge in [0.05, 0.1) is 17.9 Å². The number of benzene rings is 3. The molecule has 0 radical (unpaired) electrons. The second-order valence-electron chi connectivity index (χ2n) is 7.62. The standard InChI is InChI=1S/C27H27N3O4/c1-4-34-25-17-24(31)22(26(32)20-8-6-5-7-9-20)16-23(25)30-29-21-12-10-19(11-13-21)14-15-28-27(33)18(2)3/h5-13,16-17,31H,2,4,14-15H2,1,3H3,(H,28,33)/b30-29+. The van der Waals surface area contributed by atoms with Gasteiger partial charge in [0.25, 0.3) is 0 Å². The van der Waals surface area contributed by atoms with Gasteiger partial charge in [-0.2, -0.15) is 5.11 Å². The predicted molar refractivity (Wildman–Crippen MR) is 131 cm³/mol. The van der Waals surface area contributed by atoms with Crippen molar-refractivity contribution < 1.29 is 19.4 Å². The molecule has 0 bridgehead atoms. The van der Waals surface area contributed by atoms with E-state index in [1.807, 2.05) is 37.3 Å². The number of rotatable bonds is 10. The summed E-state index contributed by atoms with van der Waals surface area (Å²) < 4.78 is 5.58. The van der Waals surface area contributed by atoms with E-state index in [0.717, 1.165) is 5.56 Å². The lowest BCUT2D eigenvalue weighted by molar-refractivity contribution is -0.117. The first-order chi connectivity index (χ1) is 16.4. The Balaban J connectivity index is 1.78. The molecule has 174 valence electrons. The summed E-state index contributed by atoms with van der Waals surface area (Å²) in [7, 11) is 0. The Labute approximate surface area is 198 Å². The van der Waals surface area contributed by atoms with Crippen LogP contribution in [-0.2, 0) is 11.2 Å². The van der Waals surface area contributed by atoms with E-state index >= 15 is 0 Å². The Hall–Kier alpha value is -4.26. The van der Waals surface area contributed by atoms with Crippen LogP contribution in [0, 0.1) is 0 Å². The van der Waals surface area contributed by atoms with Crippen LogP contribution in [0.2, 0.25) is 0 Å². The fraction of sp³-hybridized carbons (Fsp3) is 0.185. The van der Waals surface area contributed by atoms with E-state index in [1.54, 1.807) is 31.2 Å². The molecule has 3 aromatic rings. The van der Waals surface area contributed by atoms with Crippen LogP contribution in [0.1, 0.15) is 35.3 Å². The molecule has 0 atom stereocenters. The van der Waals surface area contributed by atoms with Gasteiger partial charge in [0.2, 0.25) is 5.91 Å². The van der Waals surface area contributed by atoms with Gasteiger partial charge in [0.15, 0.2) is 11.5 Å². The van der Waals surface area contributed by atoms with Crippen molar-refractivity contribution in [2.24, 2.45) is 10.2 Å². The highest BCUT2D eigenvalue weighted by atomic mass is 16.5. The Morgan fingerprint density at radius 3 is 2.38 bits per heavy atom. The third kappa shape index (κ3) is 6.38. The van der Waals surface area contributed by atoms with Crippen LogP contribution >= 0.6 is 0 Å². The maximum Gasteiger partial charge on any atom is 0.246 e. The molecule has 3 aromatic carbocycles. The molecule has 0 aliphatic rings. The van der Waals surface area contributed by atoms with Gasteiger partial charge in [-0.25, -0.2) is 0 Å². The predicted octanol–water partition coefficient (Wildman–Crippen LogP) is 5.67. The largest absolute Gasteiger partial charge is 0.507 e. The highest BCUT2D eigenvalue weighted by Gasteiger charge is 2.18. The Bertz CT molecular complexity index is 1200. The average molecular weight is 458 g/mol. The lowest BCUT2D eigenvalue weighted by atomic mass is 10.0. The molecule has 0 fully saturated rings. The van der Waals surface area contributed by atoms with Crippen molar-refractivity contribution in [3.05, 3.63) is 95.6 Å². The minimum Gasteiger partial charge on any atom is -0.507 e. The third-order valence-electron chi connectivity index (χ3n) is 4.95. The summed E-state index contributed by atoms with van der Waals surface area (Å²) in [4.78, 5) is 24.4. The number of carbonyl (C=O) groups excluding carboxylic acids is 2. The molecule has 0 heterocycles. The summed E-state index contributed by atoms with van der Waals surface area (Å²) in [5.74, 6) is -0.326. The van der Waals surface area contributed by atoms with Gasteiger partial charge in [-0.3, -0.25) is 9.59 Å². The summed E-state index contributed by atoms with van der Waals surface area (Å²) in [6.07, 6.45) is 0.674. The van der Waals surface area contributed by atoms with E-state index < -0.39 is 0 Å². The highest BCUT2D eigenvalue weighted by molar-refractivity contribution is 6.11. The number of amides is 1. The summed E-state index contributed by atoms with van der Waals surface area (Å²) in [6, 6.07) is 19.0. The molecule has 0 saturated carbocycles.